The highest BCUT2D eigenvalue weighted by molar-refractivity contribution is 5.94. The Morgan fingerprint density at radius 1 is 1.37 bits per heavy atom. The van der Waals surface area contributed by atoms with E-state index in [4.69, 9.17) is 5.73 Å². The van der Waals surface area contributed by atoms with Crippen molar-refractivity contribution in [2.24, 2.45) is 5.73 Å². The third-order valence-corrected chi connectivity index (χ3v) is 3.45. The molecule has 0 radical (unpaired) electrons. The van der Waals surface area contributed by atoms with Gasteiger partial charge < -0.3 is 11.1 Å². The van der Waals surface area contributed by atoms with Gasteiger partial charge in [0, 0.05) is 12.1 Å². The molecule has 1 rings (SSSR count). The predicted octanol–water partition coefficient (Wildman–Crippen LogP) is 2.80. The van der Waals surface area contributed by atoms with Crippen molar-refractivity contribution in [1.29, 1.82) is 0 Å². The molecule has 0 bridgehead atoms. The van der Waals surface area contributed by atoms with Crippen molar-refractivity contribution in [3.63, 3.8) is 0 Å². The number of halogens is 2. The molecule has 5 heteroatoms. The molecule has 0 aromatic heterocycles. The summed E-state index contributed by atoms with van der Waals surface area (Å²) < 4.78 is 13.7. The van der Waals surface area contributed by atoms with Crippen LogP contribution in [-0.4, -0.2) is 18.0 Å². The minimum Gasteiger partial charge on any atom is -0.350 e. The zero-order chi connectivity index (χ0) is 13.8. The van der Waals surface area contributed by atoms with Gasteiger partial charge in [-0.2, -0.15) is 0 Å². The van der Waals surface area contributed by atoms with E-state index in [1.807, 2.05) is 13.8 Å². The molecule has 3 nitrogen and oxygen atoms in total. The van der Waals surface area contributed by atoms with Gasteiger partial charge in [0.15, 0.2) is 0 Å². The van der Waals surface area contributed by atoms with Crippen molar-refractivity contribution in [3.05, 3.63) is 35.1 Å². The maximum absolute atomic E-state index is 13.7. The fourth-order valence-corrected chi connectivity index (χ4v) is 1.67. The Kier molecular flexibility index (Phi) is 7.01. The molecular weight excluding hydrogens is 267 g/mol. The van der Waals surface area contributed by atoms with Crippen LogP contribution in [0, 0.1) is 12.7 Å². The van der Waals surface area contributed by atoms with Crippen molar-refractivity contribution >= 4 is 18.3 Å². The number of hydrogen-bond acceptors (Lipinski definition) is 2. The van der Waals surface area contributed by atoms with Gasteiger partial charge in [-0.05, 0) is 31.4 Å². The van der Waals surface area contributed by atoms with Crippen LogP contribution in [0.25, 0.3) is 0 Å². The van der Waals surface area contributed by atoms with Gasteiger partial charge in [-0.25, -0.2) is 4.39 Å². The Bertz CT molecular complexity index is 433. The van der Waals surface area contributed by atoms with Crippen LogP contribution in [-0.2, 0) is 0 Å². The second-order valence-corrected chi connectivity index (χ2v) is 4.69. The van der Waals surface area contributed by atoms with E-state index in [0.717, 1.165) is 12.8 Å². The van der Waals surface area contributed by atoms with Crippen LogP contribution < -0.4 is 11.1 Å². The molecule has 108 valence electrons. The largest absolute Gasteiger partial charge is 0.350 e. The lowest BCUT2D eigenvalue weighted by atomic mass is 9.94. The van der Waals surface area contributed by atoms with E-state index in [0.29, 0.717) is 12.1 Å². The third-order valence-electron chi connectivity index (χ3n) is 3.45. The molecule has 3 N–H and O–H groups in total. The minimum absolute atomic E-state index is 0. The maximum atomic E-state index is 13.7. The van der Waals surface area contributed by atoms with Crippen LogP contribution in [0.1, 0.15) is 42.6 Å². The zero-order valence-corrected chi connectivity index (χ0v) is 12.4. The number of rotatable bonds is 5. The average Bonchev–Trinajstić information content (AvgIpc) is 2.39. The molecule has 19 heavy (non-hydrogen) atoms. The lowest BCUT2D eigenvalue weighted by Crippen LogP contribution is -2.49. The summed E-state index contributed by atoms with van der Waals surface area (Å²) in [4.78, 5) is 11.9. The lowest BCUT2D eigenvalue weighted by Gasteiger charge is -2.26. The molecule has 0 unspecified atom stereocenters. The Balaban J connectivity index is 0.00000324. The van der Waals surface area contributed by atoms with Crippen LogP contribution in [0.5, 0.6) is 0 Å². The maximum Gasteiger partial charge on any atom is 0.254 e. The highest BCUT2D eigenvalue weighted by Crippen LogP contribution is 2.13. The number of hydrogen-bond donors (Lipinski definition) is 2. The molecule has 0 aliphatic carbocycles. The summed E-state index contributed by atoms with van der Waals surface area (Å²) in [6.45, 7) is 5.94. The number of carbonyl (C=O) groups excluding carboxylic acids is 1. The first-order valence-corrected chi connectivity index (χ1v) is 6.25. The van der Waals surface area contributed by atoms with Crippen molar-refractivity contribution in [2.75, 3.05) is 6.54 Å². The number of amides is 1. The third kappa shape index (κ3) is 4.48. The fourth-order valence-electron chi connectivity index (χ4n) is 1.67. The van der Waals surface area contributed by atoms with Gasteiger partial charge in [0.1, 0.15) is 5.82 Å². The number of nitrogens with two attached hydrogens (primary N) is 1. The molecule has 0 aliphatic heterocycles. The van der Waals surface area contributed by atoms with E-state index in [1.54, 1.807) is 19.1 Å². The smallest absolute Gasteiger partial charge is 0.254 e. The number of aryl methyl sites for hydroxylation is 1. The molecule has 0 aliphatic rings. The van der Waals surface area contributed by atoms with E-state index in [9.17, 15) is 9.18 Å². The first-order valence-electron chi connectivity index (χ1n) is 6.25. The van der Waals surface area contributed by atoms with Crippen LogP contribution in [0.4, 0.5) is 4.39 Å². The monoisotopic (exact) mass is 288 g/mol. The Hall–Kier alpha value is -1.13. The first kappa shape index (κ1) is 17.9. The van der Waals surface area contributed by atoms with Crippen molar-refractivity contribution in [2.45, 2.75) is 39.2 Å². The molecule has 0 fully saturated rings. The van der Waals surface area contributed by atoms with Crippen LogP contribution in [0.15, 0.2) is 18.2 Å². The molecule has 0 saturated carbocycles. The molecular formula is C14H22ClFN2O. The summed E-state index contributed by atoms with van der Waals surface area (Å²) in [5, 5.41) is 2.71. The molecule has 1 amide bonds. The average molecular weight is 289 g/mol. The summed E-state index contributed by atoms with van der Waals surface area (Å²) in [5.41, 5.74) is 6.20. The van der Waals surface area contributed by atoms with Gasteiger partial charge >= 0.3 is 0 Å². The van der Waals surface area contributed by atoms with E-state index in [1.165, 1.54) is 6.07 Å². The first-order chi connectivity index (χ1) is 8.43. The number of benzene rings is 1. The van der Waals surface area contributed by atoms with Gasteiger partial charge in [-0.1, -0.05) is 26.0 Å². The molecule has 1 aromatic rings. The van der Waals surface area contributed by atoms with Gasteiger partial charge in [-0.15, -0.1) is 12.4 Å². The second-order valence-electron chi connectivity index (χ2n) is 4.69. The molecule has 0 spiro atoms. The lowest BCUT2D eigenvalue weighted by molar-refractivity contribution is 0.0938. The summed E-state index contributed by atoms with van der Waals surface area (Å²) >= 11 is 0. The summed E-state index contributed by atoms with van der Waals surface area (Å²) in [6, 6.07) is 4.79. The van der Waals surface area contributed by atoms with Crippen molar-refractivity contribution < 1.29 is 9.18 Å². The summed E-state index contributed by atoms with van der Waals surface area (Å²) in [6.07, 6.45) is 1.53. The standard InChI is InChI=1S/C14H21FN2O.ClH/c1-4-14(16,5-2)9-17-13(18)11-8-6-7-10(3)12(11)15;/h6-8H,4-5,9,16H2,1-3H3,(H,17,18);1H. The van der Waals surface area contributed by atoms with E-state index in [-0.39, 0.29) is 18.0 Å². The number of carbonyl (C=O) groups is 1. The Morgan fingerprint density at radius 2 is 1.95 bits per heavy atom. The van der Waals surface area contributed by atoms with Gasteiger partial charge in [-0.3, -0.25) is 4.79 Å². The van der Waals surface area contributed by atoms with Gasteiger partial charge in [0.25, 0.3) is 5.91 Å². The van der Waals surface area contributed by atoms with E-state index >= 15 is 0 Å². The van der Waals surface area contributed by atoms with Gasteiger partial charge in [0.2, 0.25) is 0 Å². The molecule has 1 aromatic carbocycles. The Morgan fingerprint density at radius 3 is 2.47 bits per heavy atom. The van der Waals surface area contributed by atoms with Crippen molar-refractivity contribution in [1.82, 2.24) is 5.32 Å². The summed E-state index contributed by atoms with van der Waals surface area (Å²) in [5.74, 6) is -0.876. The Labute approximate surface area is 120 Å². The van der Waals surface area contributed by atoms with Crippen molar-refractivity contribution in [3.8, 4) is 0 Å². The molecule has 0 atom stereocenters. The van der Waals surface area contributed by atoms with Crippen LogP contribution in [0.3, 0.4) is 0 Å². The van der Waals surface area contributed by atoms with Crippen LogP contribution in [0.2, 0.25) is 0 Å². The molecule has 0 heterocycles. The quantitative estimate of drug-likeness (QED) is 0.875. The zero-order valence-electron chi connectivity index (χ0n) is 11.6. The second kappa shape index (κ2) is 7.46. The topological polar surface area (TPSA) is 55.1 Å². The van der Waals surface area contributed by atoms with E-state index in [2.05, 4.69) is 5.32 Å². The number of nitrogens with one attached hydrogen (secondary N) is 1. The molecule has 0 saturated heterocycles. The minimum atomic E-state index is -0.467. The highest BCUT2D eigenvalue weighted by Gasteiger charge is 2.22. The highest BCUT2D eigenvalue weighted by atomic mass is 35.5. The van der Waals surface area contributed by atoms with E-state index < -0.39 is 17.3 Å². The fraction of sp³-hybridized carbons (Fsp3) is 0.500. The SMILES string of the molecule is CCC(N)(CC)CNC(=O)c1cccc(C)c1F.Cl. The summed E-state index contributed by atoms with van der Waals surface area (Å²) in [7, 11) is 0. The van der Waals surface area contributed by atoms with Gasteiger partial charge in [0.05, 0.1) is 5.56 Å². The van der Waals surface area contributed by atoms with Crippen LogP contribution >= 0.6 is 12.4 Å². The normalized spacial score (nSPS) is 10.8. The predicted molar refractivity (Wildman–Crippen MR) is 78.2 cm³/mol.